The Morgan fingerprint density at radius 1 is 1.28 bits per heavy atom. The second-order valence-electron chi connectivity index (χ2n) is 4.03. The highest BCUT2D eigenvalue weighted by molar-refractivity contribution is 5.57. The molecular weight excluding hydrogens is 228 g/mol. The van der Waals surface area contributed by atoms with E-state index in [2.05, 4.69) is 20.4 Å². The molecule has 0 bridgehead atoms. The molecule has 18 heavy (non-hydrogen) atoms. The molecule has 0 saturated carbocycles. The van der Waals surface area contributed by atoms with Gasteiger partial charge in [-0.2, -0.15) is 0 Å². The van der Waals surface area contributed by atoms with E-state index < -0.39 is 0 Å². The highest BCUT2D eigenvalue weighted by Gasteiger charge is 2.10. The van der Waals surface area contributed by atoms with Gasteiger partial charge in [-0.15, -0.1) is 0 Å². The zero-order chi connectivity index (χ0) is 13.0. The summed E-state index contributed by atoms with van der Waals surface area (Å²) < 4.78 is 0. The number of hydrogen-bond acceptors (Lipinski definition) is 6. The second kappa shape index (κ2) is 5.42. The van der Waals surface area contributed by atoms with Crippen molar-refractivity contribution in [2.24, 2.45) is 5.84 Å². The number of hydrazine groups is 1. The molecule has 6 nitrogen and oxygen atoms in total. The standard InChI is InChI=1S/C12H16N6/c1-9-11(17-13)15-8-16-12(9)18(2)7-10-3-5-14-6-4-10/h3-6,8H,7,13H2,1-2H3,(H,15,16,17). The Labute approximate surface area is 106 Å². The minimum atomic E-state index is 0.640. The molecule has 0 fully saturated rings. The van der Waals surface area contributed by atoms with Gasteiger partial charge in [0.05, 0.1) is 0 Å². The third-order valence-corrected chi connectivity index (χ3v) is 2.72. The number of nitrogen functional groups attached to an aromatic ring is 1. The lowest BCUT2D eigenvalue weighted by Gasteiger charge is -2.20. The van der Waals surface area contributed by atoms with Crippen molar-refractivity contribution in [1.29, 1.82) is 0 Å². The lowest BCUT2D eigenvalue weighted by molar-refractivity contribution is 0.880. The number of rotatable bonds is 4. The molecule has 2 heterocycles. The van der Waals surface area contributed by atoms with Gasteiger partial charge in [0.1, 0.15) is 18.0 Å². The van der Waals surface area contributed by atoms with Gasteiger partial charge in [-0.25, -0.2) is 15.8 Å². The van der Waals surface area contributed by atoms with E-state index in [0.29, 0.717) is 5.82 Å². The Hall–Kier alpha value is -2.21. The van der Waals surface area contributed by atoms with Gasteiger partial charge in [0.25, 0.3) is 0 Å². The van der Waals surface area contributed by atoms with Crippen molar-refractivity contribution in [3.8, 4) is 0 Å². The molecular formula is C12H16N6. The summed E-state index contributed by atoms with van der Waals surface area (Å²) in [6.07, 6.45) is 5.06. The molecule has 0 aliphatic heterocycles. The van der Waals surface area contributed by atoms with Crippen LogP contribution in [-0.2, 0) is 6.54 Å². The summed E-state index contributed by atoms with van der Waals surface area (Å²) in [5.41, 5.74) is 4.67. The van der Waals surface area contributed by atoms with Gasteiger partial charge in [0, 0.05) is 31.5 Å². The number of nitrogens with two attached hydrogens (primary N) is 1. The number of anilines is 2. The highest BCUT2D eigenvalue weighted by Crippen LogP contribution is 2.21. The first kappa shape index (κ1) is 12.3. The number of hydrogen-bond donors (Lipinski definition) is 2. The van der Waals surface area contributed by atoms with Crippen molar-refractivity contribution >= 4 is 11.6 Å². The number of aromatic nitrogens is 3. The average molecular weight is 244 g/mol. The molecule has 0 aliphatic carbocycles. The average Bonchev–Trinajstić information content (AvgIpc) is 2.40. The maximum absolute atomic E-state index is 5.41. The fourth-order valence-corrected chi connectivity index (χ4v) is 1.81. The van der Waals surface area contributed by atoms with Crippen LogP contribution in [0.15, 0.2) is 30.9 Å². The summed E-state index contributed by atoms with van der Waals surface area (Å²) in [6, 6.07) is 3.96. The number of nitrogens with zero attached hydrogens (tertiary/aromatic N) is 4. The van der Waals surface area contributed by atoms with Crippen LogP contribution in [0.4, 0.5) is 11.6 Å². The molecule has 94 valence electrons. The molecule has 0 unspecified atom stereocenters. The quantitative estimate of drug-likeness (QED) is 0.619. The van der Waals surface area contributed by atoms with Crippen LogP contribution in [0.1, 0.15) is 11.1 Å². The van der Waals surface area contributed by atoms with Crippen molar-refractivity contribution in [1.82, 2.24) is 15.0 Å². The molecule has 2 rings (SSSR count). The molecule has 3 N–H and O–H groups in total. The fourth-order valence-electron chi connectivity index (χ4n) is 1.81. The van der Waals surface area contributed by atoms with Crippen LogP contribution in [0.3, 0.4) is 0 Å². The minimum absolute atomic E-state index is 0.640. The van der Waals surface area contributed by atoms with Gasteiger partial charge in [-0.05, 0) is 24.6 Å². The van der Waals surface area contributed by atoms with Gasteiger partial charge >= 0.3 is 0 Å². The van der Waals surface area contributed by atoms with Crippen LogP contribution in [0.2, 0.25) is 0 Å². The van der Waals surface area contributed by atoms with Crippen LogP contribution in [0.25, 0.3) is 0 Å². The van der Waals surface area contributed by atoms with Crippen LogP contribution < -0.4 is 16.2 Å². The van der Waals surface area contributed by atoms with Gasteiger partial charge < -0.3 is 10.3 Å². The Kier molecular flexibility index (Phi) is 3.69. The molecule has 0 amide bonds. The first-order chi connectivity index (χ1) is 8.72. The molecule has 6 heteroatoms. The fraction of sp³-hybridized carbons (Fsp3) is 0.250. The van der Waals surface area contributed by atoms with Crippen LogP contribution >= 0.6 is 0 Å². The molecule has 0 saturated heterocycles. The second-order valence-corrected chi connectivity index (χ2v) is 4.03. The van der Waals surface area contributed by atoms with Gasteiger partial charge in [-0.3, -0.25) is 4.98 Å². The van der Waals surface area contributed by atoms with Crippen molar-refractivity contribution < 1.29 is 0 Å². The van der Waals surface area contributed by atoms with Gasteiger partial charge in [-0.1, -0.05) is 0 Å². The Bertz CT molecular complexity index is 513. The van der Waals surface area contributed by atoms with Crippen molar-refractivity contribution in [2.45, 2.75) is 13.5 Å². The van der Waals surface area contributed by atoms with Gasteiger partial charge in [0.2, 0.25) is 0 Å². The van der Waals surface area contributed by atoms with Crippen molar-refractivity contribution in [2.75, 3.05) is 17.4 Å². The summed E-state index contributed by atoms with van der Waals surface area (Å²) in [5.74, 6) is 6.90. The van der Waals surface area contributed by atoms with E-state index in [-0.39, 0.29) is 0 Å². The smallest absolute Gasteiger partial charge is 0.148 e. The van der Waals surface area contributed by atoms with Crippen LogP contribution in [-0.4, -0.2) is 22.0 Å². The maximum Gasteiger partial charge on any atom is 0.148 e. The highest BCUT2D eigenvalue weighted by atomic mass is 15.3. The summed E-state index contributed by atoms with van der Waals surface area (Å²) in [7, 11) is 1.98. The molecule has 0 aromatic carbocycles. The van der Waals surface area contributed by atoms with E-state index >= 15 is 0 Å². The third-order valence-electron chi connectivity index (χ3n) is 2.72. The zero-order valence-corrected chi connectivity index (χ0v) is 10.5. The molecule has 2 aromatic heterocycles. The van der Waals surface area contributed by atoms with Crippen molar-refractivity contribution in [3.63, 3.8) is 0 Å². The first-order valence-corrected chi connectivity index (χ1v) is 5.60. The summed E-state index contributed by atoms with van der Waals surface area (Å²) in [5, 5.41) is 0. The lowest BCUT2D eigenvalue weighted by Crippen LogP contribution is -2.20. The molecule has 0 spiro atoms. The first-order valence-electron chi connectivity index (χ1n) is 5.60. The lowest BCUT2D eigenvalue weighted by atomic mass is 10.2. The molecule has 0 radical (unpaired) electrons. The van der Waals surface area contributed by atoms with E-state index in [1.54, 1.807) is 12.4 Å². The normalized spacial score (nSPS) is 10.2. The SMILES string of the molecule is Cc1c(NN)ncnc1N(C)Cc1ccncc1. The monoisotopic (exact) mass is 244 g/mol. The number of pyridine rings is 1. The molecule has 0 atom stereocenters. The molecule has 2 aromatic rings. The van der Waals surface area contributed by atoms with E-state index in [0.717, 1.165) is 17.9 Å². The maximum atomic E-state index is 5.41. The summed E-state index contributed by atoms with van der Waals surface area (Å²) in [6.45, 7) is 2.69. The van der Waals surface area contributed by atoms with Crippen LogP contribution in [0, 0.1) is 6.92 Å². The van der Waals surface area contributed by atoms with Crippen LogP contribution in [0.5, 0.6) is 0 Å². The van der Waals surface area contributed by atoms with E-state index in [9.17, 15) is 0 Å². The van der Waals surface area contributed by atoms with Crippen molar-refractivity contribution in [3.05, 3.63) is 42.0 Å². The zero-order valence-electron chi connectivity index (χ0n) is 10.5. The predicted octanol–water partition coefficient (Wildman–Crippen LogP) is 1.10. The Morgan fingerprint density at radius 2 is 2.00 bits per heavy atom. The summed E-state index contributed by atoms with van der Waals surface area (Å²) >= 11 is 0. The largest absolute Gasteiger partial charge is 0.355 e. The molecule has 0 aliphatic rings. The van der Waals surface area contributed by atoms with Gasteiger partial charge in [0.15, 0.2) is 0 Å². The Morgan fingerprint density at radius 3 is 2.67 bits per heavy atom. The predicted molar refractivity (Wildman–Crippen MR) is 70.9 cm³/mol. The third kappa shape index (κ3) is 2.54. The topological polar surface area (TPSA) is 80.0 Å². The Balaban J connectivity index is 2.21. The number of nitrogens with one attached hydrogen (secondary N) is 1. The van der Waals surface area contributed by atoms with E-state index in [4.69, 9.17) is 5.84 Å². The van der Waals surface area contributed by atoms with E-state index in [1.807, 2.05) is 31.0 Å². The minimum Gasteiger partial charge on any atom is -0.355 e. The van der Waals surface area contributed by atoms with E-state index in [1.165, 1.54) is 11.9 Å². The summed E-state index contributed by atoms with van der Waals surface area (Å²) in [4.78, 5) is 14.4.